The molecule has 19 heavy (non-hydrogen) atoms. The Hall–Kier alpha value is -2.28. The van der Waals surface area contributed by atoms with Gasteiger partial charge in [-0.05, 0) is 23.9 Å². The predicted molar refractivity (Wildman–Crippen MR) is 58.2 cm³/mol. The van der Waals surface area contributed by atoms with Crippen molar-refractivity contribution in [1.82, 2.24) is 19.9 Å². The van der Waals surface area contributed by atoms with Crippen LogP contribution in [0.2, 0.25) is 0 Å². The average Bonchev–Trinajstić information content (AvgIpc) is 2.71. The smallest absolute Gasteiger partial charge is 0.335 e. The van der Waals surface area contributed by atoms with Crippen LogP contribution in [-0.4, -0.2) is 19.9 Å². The second-order valence-corrected chi connectivity index (χ2v) is 4.24. The molecule has 0 aliphatic rings. The van der Waals surface area contributed by atoms with E-state index in [2.05, 4.69) is 15.2 Å². The minimum Gasteiger partial charge on any atom is -0.335 e. The largest absolute Gasteiger partial charge is 0.453 e. The monoisotopic (exact) mass is 286 g/mol. The molecule has 0 amide bonds. The van der Waals surface area contributed by atoms with Crippen LogP contribution in [0.4, 0.5) is 13.2 Å². The molecule has 0 saturated heterocycles. The summed E-state index contributed by atoms with van der Waals surface area (Å²) >= 11 is 0.783. The number of halogens is 3. The van der Waals surface area contributed by atoms with E-state index in [1.807, 2.05) is 6.07 Å². The second-order valence-electron chi connectivity index (χ2n) is 3.25. The molecular formula is C9H5F3N6S. The average molecular weight is 286 g/mol. The molecule has 0 saturated carbocycles. The van der Waals surface area contributed by atoms with Gasteiger partial charge in [0.1, 0.15) is 16.8 Å². The number of aromatic nitrogens is 4. The summed E-state index contributed by atoms with van der Waals surface area (Å²) in [7, 11) is 0. The zero-order valence-corrected chi connectivity index (χ0v) is 9.90. The number of rotatable bonds is 2. The quantitative estimate of drug-likeness (QED) is 0.839. The van der Waals surface area contributed by atoms with E-state index in [0.717, 1.165) is 11.8 Å². The molecule has 0 radical (unpaired) electrons. The van der Waals surface area contributed by atoms with Gasteiger partial charge in [0.05, 0.1) is 0 Å². The van der Waals surface area contributed by atoms with Gasteiger partial charge < -0.3 is 5.84 Å². The van der Waals surface area contributed by atoms with Crippen molar-refractivity contribution in [2.24, 2.45) is 0 Å². The molecule has 10 heteroatoms. The molecule has 0 atom stereocenters. The van der Waals surface area contributed by atoms with Crippen LogP contribution < -0.4 is 5.84 Å². The third-order valence-electron chi connectivity index (χ3n) is 1.95. The number of hydrogen-bond acceptors (Lipinski definition) is 6. The Morgan fingerprint density at radius 2 is 2.05 bits per heavy atom. The van der Waals surface area contributed by atoms with Gasteiger partial charge in [-0.1, -0.05) is 6.07 Å². The Labute approximate surface area is 109 Å². The standard InChI is InChI=1S/C9H5F3N6S/c10-9(11,12)7-16-17-8(18(7)14)19-6-3-1-2-5(4-13)15-6/h1-3H,14H2. The topological polar surface area (TPSA) is 93.4 Å². The first-order chi connectivity index (χ1) is 8.91. The molecule has 2 N–H and O–H groups in total. The van der Waals surface area contributed by atoms with Crippen molar-refractivity contribution in [3.8, 4) is 6.07 Å². The molecule has 2 rings (SSSR count). The number of nitrogens with zero attached hydrogens (tertiary/aromatic N) is 5. The van der Waals surface area contributed by atoms with E-state index in [9.17, 15) is 13.2 Å². The fourth-order valence-electron chi connectivity index (χ4n) is 1.17. The molecule has 0 aromatic carbocycles. The van der Waals surface area contributed by atoms with Gasteiger partial charge in [0, 0.05) is 0 Å². The first kappa shape index (κ1) is 13.2. The molecule has 0 bridgehead atoms. The van der Waals surface area contributed by atoms with E-state index in [1.165, 1.54) is 12.1 Å². The van der Waals surface area contributed by atoms with Crippen molar-refractivity contribution >= 4 is 11.8 Å². The second kappa shape index (κ2) is 4.77. The molecule has 2 heterocycles. The SMILES string of the molecule is N#Cc1cccc(Sc2nnc(C(F)(F)F)n2N)n1. The van der Waals surface area contributed by atoms with Crippen molar-refractivity contribution in [2.45, 2.75) is 16.4 Å². The lowest BCUT2D eigenvalue weighted by molar-refractivity contribution is -0.146. The zero-order valence-electron chi connectivity index (χ0n) is 9.09. The molecule has 98 valence electrons. The summed E-state index contributed by atoms with van der Waals surface area (Å²) in [5.41, 5.74) is 0.143. The van der Waals surface area contributed by atoms with Crippen LogP contribution in [0, 0.1) is 11.3 Å². The molecule has 6 nitrogen and oxygen atoms in total. The van der Waals surface area contributed by atoms with Gasteiger partial charge in [0.2, 0.25) is 5.16 Å². The summed E-state index contributed by atoms with van der Waals surface area (Å²) in [6.07, 6.45) is -4.68. The van der Waals surface area contributed by atoms with Gasteiger partial charge in [-0.25, -0.2) is 9.66 Å². The van der Waals surface area contributed by atoms with Gasteiger partial charge in [-0.3, -0.25) is 0 Å². The van der Waals surface area contributed by atoms with E-state index in [1.54, 1.807) is 6.07 Å². The number of pyridine rings is 1. The summed E-state index contributed by atoms with van der Waals surface area (Å²) in [5, 5.41) is 15.1. The van der Waals surface area contributed by atoms with Gasteiger partial charge >= 0.3 is 6.18 Å². The Kier molecular flexibility index (Phi) is 3.30. The summed E-state index contributed by atoms with van der Waals surface area (Å²) < 4.78 is 37.7. The fourth-order valence-corrected chi connectivity index (χ4v) is 1.91. The summed E-state index contributed by atoms with van der Waals surface area (Å²) in [4.78, 5) is 3.88. The predicted octanol–water partition coefficient (Wildman–Crippen LogP) is 1.43. The lowest BCUT2D eigenvalue weighted by Crippen LogP contribution is -2.21. The molecule has 2 aromatic rings. The highest BCUT2D eigenvalue weighted by atomic mass is 32.2. The van der Waals surface area contributed by atoms with Crippen molar-refractivity contribution in [3.63, 3.8) is 0 Å². The Morgan fingerprint density at radius 3 is 2.63 bits per heavy atom. The van der Waals surface area contributed by atoms with Crippen molar-refractivity contribution in [1.29, 1.82) is 5.26 Å². The summed E-state index contributed by atoms with van der Waals surface area (Å²) in [6, 6.07) is 6.36. The molecule has 0 unspecified atom stereocenters. The number of nitriles is 1. The third-order valence-corrected chi connectivity index (χ3v) is 2.85. The highest BCUT2D eigenvalue weighted by molar-refractivity contribution is 7.99. The maximum absolute atomic E-state index is 12.4. The van der Waals surface area contributed by atoms with E-state index >= 15 is 0 Å². The fraction of sp³-hybridized carbons (Fsp3) is 0.111. The van der Waals surface area contributed by atoms with Crippen LogP contribution in [0.15, 0.2) is 28.4 Å². The molecule has 0 fully saturated rings. The molecule has 0 spiro atoms. The van der Waals surface area contributed by atoms with Gasteiger partial charge in [-0.2, -0.15) is 18.4 Å². The van der Waals surface area contributed by atoms with Crippen LogP contribution in [0.5, 0.6) is 0 Å². The minimum absolute atomic E-state index is 0.143. The third kappa shape index (κ3) is 2.76. The van der Waals surface area contributed by atoms with E-state index in [-0.39, 0.29) is 10.9 Å². The van der Waals surface area contributed by atoms with Crippen LogP contribution in [0.25, 0.3) is 0 Å². The molecule has 2 aromatic heterocycles. The Bertz CT molecular complexity index is 644. The Balaban J connectivity index is 2.30. The van der Waals surface area contributed by atoms with Gasteiger partial charge in [-0.15, -0.1) is 10.2 Å². The number of alkyl halides is 3. The van der Waals surface area contributed by atoms with E-state index < -0.39 is 12.0 Å². The van der Waals surface area contributed by atoms with Crippen molar-refractivity contribution in [3.05, 3.63) is 29.7 Å². The maximum Gasteiger partial charge on any atom is 0.453 e. The van der Waals surface area contributed by atoms with Crippen molar-refractivity contribution < 1.29 is 13.2 Å². The van der Waals surface area contributed by atoms with Crippen molar-refractivity contribution in [2.75, 3.05) is 5.84 Å². The highest BCUT2D eigenvalue weighted by Crippen LogP contribution is 2.30. The number of hydrogen-bond donors (Lipinski definition) is 1. The summed E-state index contributed by atoms with van der Waals surface area (Å²) in [6.45, 7) is 0. The first-order valence-corrected chi connectivity index (χ1v) is 5.56. The lowest BCUT2D eigenvalue weighted by Gasteiger charge is -2.05. The number of nitrogens with two attached hydrogens (primary N) is 1. The summed E-state index contributed by atoms with van der Waals surface area (Å²) in [5.74, 6) is 3.97. The van der Waals surface area contributed by atoms with E-state index in [4.69, 9.17) is 11.1 Å². The van der Waals surface area contributed by atoms with Gasteiger partial charge in [0.15, 0.2) is 0 Å². The molecule has 0 aliphatic carbocycles. The van der Waals surface area contributed by atoms with Crippen LogP contribution in [-0.2, 0) is 6.18 Å². The number of nitrogen functional groups attached to an aromatic ring is 1. The zero-order chi connectivity index (χ0) is 14.0. The lowest BCUT2D eigenvalue weighted by atomic mass is 10.4. The molecule has 0 aliphatic heterocycles. The highest BCUT2D eigenvalue weighted by Gasteiger charge is 2.38. The Morgan fingerprint density at radius 1 is 1.32 bits per heavy atom. The van der Waals surface area contributed by atoms with Gasteiger partial charge in [0.25, 0.3) is 5.82 Å². The minimum atomic E-state index is -4.68. The maximum atomic E-state index is 12.4. The normalized spacial score (nSPS) is 11.3. The van der Waals surface area contributed by atoms with E-state index in [0.29, 0.717) is 9.70 Å². The molecular weight excluding hydrogens is 281 g/mol. The first-order valence-electron chi connectivity index (χ1n) is 4.74. The van der Waals surface area contributed by atoms with Crippen LogP contribution in [0.1, 0.15) is 11.5 Å². The van der Waals surface area contributed by atoms with Crippen LogP contribution in [0.3, 0.4) is 0 Å². The van der Waals surface area contributed by atoms with Crippen LogP contribution >= 0.6 is 11.8 Å².